The molecule has 0 aliphatic carbocycles. The quantitative estimate of drug-likeness (QED) is 0.880. The van der Waals surface area contributed by atoms with E-state index in [0.29, 0.717) is 0 Å². The molecule has 1 N–H and O–H groups in total. The molecule has 1 unspecified atom stereocenters. The molecule has 1 aliphatic heterocycles. The van der Waals surface area contributed by atoms with E-state index in [1.807, 2.05) is 6.07 Å². The van der Waals surface area contributed by atoms with Gasteiger partial charge in [0.05, 0.1) is 0 Å². The van der Waals surface area contributed by atoms with E-state index in [1.165, 1.54) is 5.56 Å². The molecule has 0 bridgehead atoms. The summed E-state index contributed by atoms with van der Waals surface area (Å²) >= 11 is 0. The molecule has 0 saturated carbocycles. The molecule has 3 heteroatoms. The van der Waals surface area contributed by atoms with Crippen LogP contribution in [-0.2, 0) is 0 Å². The standard InChI is InChI=1S/C15H21N3/c1-3-10-18-11-9-15(16-12-18)17-13(2)14-7-5-4-6-8-14/h4-9,11,13H,3,10,12H2,1-2H3,(H,16,17). The average molecular weight is 243 g/mol. The summed E-state index contributed by atoms with van der Waals surface area (Å²) in [4.78, 5) is 6.76. The number of aliphatic imine (C=N–C) groups is 1. The van der Waals surface area contributed by atoms with Crippen LogP contribution in [0, 0.1) is 0 Å². The van der Waals surface area contributed by atoms with Crippen molar-refractivity contribution in [2.75, 3.05) is 13.2 Å². The minimum atomic E-state index is 0.285. The normalized spacial score (nSPS) is 16.3. The predicted octanol–water partition coefficient (Wildman–Crippen LogP) is 2.93. The number of nitrogens with one attached hydrogen (secondary N) is 1. The highest BCUT2D eigenvalue weighted by Crippen LogP contribution is 2.12. The minimum absolute atomic E-state index is 0.285. The second-order valence-electron chi connectivity index (χ2n) is 4.59. The Hall–Kier alpha value is -1.77. The van der Waals surface area contributed by atoms with E-state index in [4.69, 9.17) is 0 Å². The molecule has 0 fully saturated rings. The first-order valence-electron chi connectivity index (χ1n) is 6.57. The molecule has 0 aromatic heterocycles. The highest BCUT2D eigenvalue weighted by atomic mass is 15.2. The van der Waals surface area contributed by atoms with Gasteiger partial charge in [0.2, 0.25) is 0 Å². The van der Waals surface area contributed by atoms with Crippen LogP contribution >= 0.6 is 0 Å². The molecule has 1 heterocycles. The van der Waals surface area contributed by atoms with E-state index in [0.717, 1.165) is 25.5 Å². The molecule has 0 spiro atoms. The van der Waals surface area contributed by atoms with Crippen LogP contribution in [0.3, 0.4) is 0 Å². The number of rotatable bonds is 4. The van der Waals surface area contributed by atoms with E-state index >= 15 is 0 Å². The van der Waals surface area contributed by atoms with Crippen LogP contribution in [0.5, 0.6) is 0 Å². The van der Waals surface area contributed by atoms with Crippen LogP contribution < -0.4 is 5.32 Å². The van der Waals surface area contributed by atoms with Crippen molar-refractivity contribution in [1.29, 1.82) is 0 Å². The molecule has 18 heavy (non-hydrogen) atoms. The molecular formula is C15H21N3. The van der Waals surface area contributed by atoms with Gasteiger partial charge in [-0.1, -0.05) is 37.3 Å². The van der Waals surface area contributed by atoms with E-state index in [1.54, 1.807) is 0 Å². The van der Waals surface area contributed by atoms with Crippen molar-refractivity contribution in [3.63, 3.8) is 0 Å². The van der Waals surface area contributed by atoms with Gasteiger partial charge in [-0.3, -0.25) is 0 Å². The number of benzene rings is 1. The first-order valence-corrected chi connectivity index (χ1v) is 6.57. The summed E-state index contributed by atoms with van der Waals surface area (Å²) in [6, 6.07) is 10.7. The Morgan fingerprint density at radius 3 is 2.72 bits per heavy atom. The second kappa shape index (κ2) is 6.24. The Bertz CT molecular complexity index is 423. The summed E-state index contributed by atoms with van der Waals surface area (Å²) in [5.74, 6) is 0.971. The molecule has 1 aromatic carbocycles. The van der Waals surface area contributed by atoms with Gasteiger partial charge in [0.1, 0.15) is 12.5 Å². The summed E-state index contributed by atoms with van der Waals surface area (Å²) in [6.07, 6.45) is 5.33. The van der Waals surface area contributed by atoms with Gasteiger partial charge in [0.15, 0.2) is 0 Å². The fraction of sp³-hybridized carbons (Fsp3) is 0.400. The number of nitrogens with zero attached hydrogens (tertiary/aromatic N) is 2. The monoisotopic (exact) mass is 243 g/mol. The van der Waals surface area contributed by atoms with Crippen molar-refractivity contribution >= 4 is 5.84 Å². The van der Waals surface area contributed by atoms with Gasteiger partial charge >= 0.3 is 0 Å². The molecule has 0 saturated heterocycles. The molecule has 0 amide bonds. The molecule has 3 nitrogen and oxygen atoms in total. The minimum Gasteiger partial charge on any atom is -0.364 e. The second-order valence-corrected chi connectivity index (χ2v) is 4.59. The third-order valence-corrected chi connectivity index (χ3v) is 3.04. The third kappa shape index (κ3) is 3.36. The van der Waals surface area contributed by atoms with Crippen molar-refractivity contribution in [3.05, 3.63) is 48.2 Å². The average Bonchev–Trinajstić information content (AvgIpc) is 2.42. The maximum Gasteiger partial charge on any atom is 0.124 e. The fourth-order valence-corrected chi connectivity index (χ4v) is 2.02. The van der Waals surface area contributed by atoms with E-state index < -0.39 is 0 Å². The zero-order chi connectivity index (χ0) is 12.8. The molecule has 1 aliphatic rings. The highest BCUT2D eigenvalue weighted by molar-refractivity contribution is 5.93. The first-order chi connectivity index (χ1) is 8.79. The number of hydrogen-bond acceptors (Lipinski definition) is 3. The number of hydrogen-bond donors (Lipinski definition) is 1. The largest absolute Gasteiger partial charge is 0.364 e. The van der Waals surface area contributed by atoms with Gasteiger partial charge in [-0.25, -0.2) is 4.99 Å². The van der Waals surface area contributed by atoms with Crippen molar-refractivity contribution < 1.29 is 0 Å². The van der Waals surface area contributed by atoms with Gasteiger partial charge in [0.25, 0.3) is 0 Å². The maximum absolute atomic E-state index is 4.54. The Balaban J connectivity index is 1.90. The Kier molecular flexibility index (Phi) is 4.40. The highest BCUT2D eigenvalue weighted by Gasteiger charge is 2.09. The van der Waals surface area contributed by atoms with Gasteiger partial charge in [-0.15, -0.1) is 0 Å². The summed E-state index contributed by atoms with van der Waals surface area (Å²) in [5, 5.41) is 3.43. The first kappa shape index (κ1) is 12.7. The van der Waals surface area contributed by atoms with Gasteiger partial charge in [0, 0.05) is 18.8 Å². The lowest BCUT2D eigenvalue weighted by Gasteiger charge is -2.23. The molecule has 96 valence electrons. The molecular weight excluding hydrogens is 222 g/mol. The van der Waals surface area contributed by atoms with Crippen LogP contribution in [-0.4, -0.2) is 23.9 Å². The molecule has 1 atom stereocenters. The van der Waals surface area contributed by atoms with Crippen LogP contribution in [0.15, 0.2) is 47.6 Å². The molecule has 1 aromatic rings. The zero-order valence-electron chi connectivity index (χ0n) is 11.1. The molecule has 0 radical (unpaired) electrons. The van der Waals surface area contributed by atoms with Crippen molar-refractivity contribution in [2.45, 2.75) is 26.3 Å². The predicted molar refractivity (Wildman–Crippen MR) is 76.4 cm³/mol. The van der Waals surface area contributed by atoms with Crippen LogP contribution in [0.1, 0.15) is 31.9 Å². The van der Waals surface area contributed by atoms with Crippen molar-refractivity contribution in [1.82, 2.24) is 10.2 Å². The Labute approximate surface area is 109 Å². The van der Waals surface area contributed by atoms with Crippen LogP contribution in [0.25, 0.3) is 0 Å². The third-order valence-electron chi connectivity index (χ3n) is 3.04. The van der Waals surface area contributed by atoms with Crippen molar-refractivity contribution in [2.24, 2.45) is 4.99 Å². The summed E-state index contributed by atoms with van der Waals surface area (Å²) < 4.78 is 0. The van der Waals surface area contributed by atoms with Gasteiger partial charge < -0.3 is 10.2 Å². The van der Waals surface area contributed by atoms with E-state index in [-0.39, 0.29) is 6.04 Å². The lowest BCUT2D eigenvalue weighted by atomic mass is 10.1. The summed E-state index contributed by atoms with van der Waals surface area (Å²) in [6.45, 7) is 6.17. The Morgan fingerprint density at radius 2 is 2.11 bits per heavy atom. The summed E-state index contributed by atoms with van der Waals surface area (Å²) in [7, 11) is 0. The van der Waals surface area contributed by atoms with Crippen LogP contribution in [0.4, 0.5) is 0 Å². The SMILES string of the molecule is CCCN1C=CC(NC(C)c2ccccc2)=NC1. The smallest absolute Gasteiger partial charge is 0.124 e. The Morgan fingerprint density at radius 1 is 1.33 bits per heavy atom. The maximum atomic E-state index is 4.54. The van der Waals surface area contributed by atoms with Crippen molar-refractivity contribution in [3.8, 4) is 0 Å². The van der Waals surface area contributed by atoms with Gasteiger partial charge in [-0.05, 0) is 25.0 Å². The molecule has 2 rings (SSSR count). The zero-order valence-corrected chi connectivity index (χ0v) is 11.1. The fourth-order valence-electron chi connectivity index (χ4n) is 2.02. The van der Waals surface area contributed by atoms with E-state index in [9.17, 15) is 0 Å². The topological polar surface area (TPSA) is 27.6 Å². The lowest BCUT2D eigenvalue weighted by molar-refractivity contribution is 0.383. The van der Waals surface area contributed by atoms with Crippen LogP contribution in [0.2, 0.25) is 0 Å². The summed E-state index contributed by atoms with van der Waals surface area (Å²) in [5.41, 5.74) is 1.28. The number of amidine groups is 1. The van der Waals surface area contributed by atoms with E-state index in [2.05, 4.69) is 65.6 Å². The van der Waals surface area contributed by atoms with Gasteiger partial charge in [-0.2, -0.15) is 0 Å². The lowest BCUT2D eigenvalue weighted by Crippen LogP contribution is -2.31.